The van der Waals surface area contributed by atoms with Crippen molar-refractivity contribution in [3.8, 4) is 0 Å². The maximum absolute atomic E-state index is 10.5. The summed E-state index contributed by atoms with van der Waals surface area (Å²) in [4.78, 5) is 10.5. The monoisotopic (exact) mass is 144 g/mol. The van der Waals surface area contributed by atoms with Gasteiger partial charge in [0.05, 0.1) is 0 Å². The maximum atomic E-state index is 10.5. The summed E-state index contributed by atoms with van der Waals surface area (Å²) in [7, 11) is 0. The maximum Gasteiger partial charge on any atom is 0.184 e. The molecule has 2 atom stereocenters. The minimum atomic E-state index is -0.103. The Morgan fingerprint density at radius 1 is 1.70 bits per heavy atom. The van der Waals surface area contributed by atoms with Crippen LogP contribution in [0, 0.1) is 0 Å². The summed E-state index contributed by atoms with van der Waals surface area (Å²) < 4.78 is 10.1. The zero-order chi connectivity index (χ0) is 7.56. The van der Waals surface area contributed by atoms with Gasteiger partial charge in [-0.1, -0.05) is 0 Å². The first-order chi connectivity index (χ1) is 4.74. The van der Waals surface area contributed by atoms with Crippen molar-refractivity contribution in [1.29, 1.82) is 0 Å². The third-order valence-corrected chi connectivity index (χ3v) is 1.36. The Hall–Kier alpha value is -0.410. The van der Waals surface area contributed by atoms with E-state index in [0.29, 0.717) is 13.0 Å². The van der Waals surface area contributed by atoms with Crippen LogP contribution in [0.1, 0.15) is 20.3 Å². The molecule has 2 unspecified atom stereocenters. The van der Waals surface area contributed by atoms with Crippen molar-refractivity contribution in [3.05, 3.63) is 0 Å². The Morgan fingerprint density at radius 2 is 2.40 bits per heavy atom. The van der Waals surface area contributed by atoms with Gasteiger partial charge in [-0.3, -0.25) is 4.79 Å². The highest BCUT2D eigenvalue weighted by atomic mass is 16.8. The summed E-state index contributed by atoms with van der Waals surface area (Å²) in [5, 5.41) is 0. The number of carbonyl (C=O) groups is 1. The molecular formula is C7H12O3. The largest absolute Gasteiger partial charge is 0.350 e. The van der Waals surface area contributed by atoms with E-state index in [1.54, 1.807) is 6.92 Å². The fourth-order valence-corrected chi connectivity index (χ4v) is 0.865. The van der Waals surface area contributed by atoms with Crippen LogP contribution in [0.5, 0.6) is 0 Å². The Morgan fingerprint density at radius 3 is 2.90 bits per heavy atom. The van der Waals surface area contributed by atoms with Crippen LogP contribution in [0.25, 0.3) is 0 Å². The Kier molecular flexibility index (Phi) is 2.40. The van der Waals surface area contributed by atoms with Crippen LogP contribution in [-0.4, -0.2) is 24.8 Å². The minimum Gasteiger partial charge on any atom is -0.350 e. The molecule has 58 valence electrons. The molecule has 0 spiro atoms. The average molecular weight is 144 g/mol. The molecule has 1 heterocycles. The van der Waals surface area contributed by atoms with Gasteiger partial charge >= 0.3 is 0 Å². The highest BCUT2D eigenvalue weighted by Crippen LogP contribution is 2.26. The number of rotatable bonds is 4. The molecule has 1 aliphatic heterocycles. The first-order valence-corrected chi connectivity index (χ1v) is 3.50. The lowest BCUT2D eigenvalue weighted by atomic mass is 10.2. The van der Waals surface area contributed by atoms with E-state index < -0.39 is 0 Å². The molecule has 1 rings (SSSR count). The average Bonchev–Trinajstić information content (AvgIpc) is 2.47. The van der Waals surface area contributed by atoms with Crippen LogP contribution < -0.4 is 0 Å². The summed E-state index contributed by atoms with van der Waals surface area (Å²) in [5.41, 5.74) is 0. The van der Waals surface area contributed by atoms with E-state index in [0.717, 1.165) is 0 Å². The van der Waals surface area contributed by atoms with Gasteiger partial charge in [-0.2, -0.15) is 0 Å². The molecule has 10 heavy (non-hydrogen) atoms. The fraction of sp³-hybridized carbons (Fsp3) is 0.857. The lowest BCUT2D eigenvalue weighted by Crippen LogP contribution is -2.03. The second-order valence-electron chi connectivity index (χ2n) is 2.40. The predicted octanol–water partition coefficient (Wildman–Crippen LogP) is 0.727. The standard InChI is InChI=1S/C7H12O3/c1-3-9-7-6(10-7)4-5(2)8/h6-7H,3-4H2,1-2H3. The SMILES string of the molecule is CCOC1OC1CC(C)=O. The topological polar surface area (TPSA) is 38.8 Å². The molecular weight excluding hydrogens is 132 g/mol. The van der Waals surface area contributed by atoms with Gasteiger partial charge in [0.25, 0.3) is 0 Å². The first-order valence-electron chi connectivity index (χ1n) is 3.50. The molecule has 0 aliphatic carbocycles. The van der Waals surface area contributed by atoms with Gasteiger partial charge in [-0.15, -0.1) is 0 Å². The van der Waals surface area contributed by atoms with Crippen LogP contribution in [-0.2, 0) is 14.3 Å². The van der Waals surface area contributed by atoms with Gasteiger partial charge in [-0.05, 0) is 13.8 Å². The highest BCUT2D eigenvalue weighted by molar-refractivity contribution is 5.76. The van der Waals surface area contributed by atoms with Crippen LogP contribution in [0.4, 0.5) is 0 Å². The number of hydrogen-bond acceptors (Lipinski definition) is 3. The van der Waals surface area contributed by atoms with Gasteiger partial charge in [0.15, 0.2) is 6.29 Å². The van der Waals surface area contributed by atoms with E-state index >= 15 is 0 Å². The van der Waals surface area contributed by atoms with Crippen LogP contribution in [0.3, 0.4) is 0 Å². The van der Waals surface area contributed by atoms with E-state index in [1.807, 2.05) is 6.92 Å². The molecule has 0 aromatic rings. The van der Waals surface area contributed by atoms with Gasteiger partial charge in [0.2, 0.25) is 0 Å². The third kappa shape index (κ3) is 2.08. The summed E-state index contributed by atoms with van der Waals surface area (Å²) >= 11 is 0. The van der Waals surface area contributed by atoms with Crippen LogP contribution in [0.2, 0.25) is 0 Å². The number of ether oxygens (including phenoxy) is 2. The molecule has 3 nitrogen and oxygen atoms in total. The minimum absolute atomic E-state index is 0.0393. The predicted molar refractivity (Wildman–Crippen MR) is 35.6 cm³/mol. The molecule has 0 aromatic heterocycles. The molecule has 1 fully saturated rings. The summed E-state index contributed by atoms with van der Waals surface area (Å²) in [6, 6.07) is 0. The van der Waals surface area contributed by atoms with Crippen LogP contribution >= 0.6 is 0 Å². The molecule has 0 bridgehead atoms. The van der Waals surface area contributed by atoms with Crippen molar-refractivity contribution in [2.24, 2.45) is 0 Å². The Balaban J connectivity index is 2.07. The number of Topliss-reactive ketones (excluding diaryl/α,β-unsaturated/α-hetero) is 1. The van der Waals surface area contributed by atoms with Crippen molar-refractivity contribution in [1.82, 2.24) is 0 Å². The Bertz CT molecular complexity index is 133. The van der Waals surface area contributed by atoms with Crippen molar-refractivity contribution in [2.75, 3.05) is 6.61 Å². The van der Waals surface area contributed by atoms with E-state index in [-0.39, 0.29) is 18.2 Å². The number of hydrogen-bond donors (Lipinski definition) is 0. The molecule has 3 heteroatoms. The van der Waals surface area contributed by atoms with Gasteiger partial charge in [0.1, 0.15) is 11.9 Å². The van der Waals surface area contributed by atoms with Gasteiger partial charge in [0, 0.05) is 13.0 Å². The van der Waals surface area contributed by atoms with Gasteiger partial charge in [-0.25, -0.2) is 0 Å². The molecule has 1 aliphatic rings. The lowest BCUT2D eigenvalue weighted by molar-refractivity contribution is -0.117. The van der Waals surface area contributed by atoms with E-state index in [4.69, 9.17) is 9.47 Å². The molecule has 1 saturated heterocycles. The van der Waals surface area contributed by atoms with Crippen molar-refractivity contribution in [3.63, 3.8) is 0 Å². The zero-order valence-corrected chi connectivity index (χ0v) is 6.29. The smallest absolute Gasteiger partial charge is 0.184 e. The van der Waals surface area contributed by atoms with E-state index in [9.17, 15) is 4.79 Å². The first kappa shape index (κ1) is 7.69. The number of epoxide rings is 1. The Labute approximate surface area is 60.3 Å². The van der Waals surface area contributed by atoms with Crippen molar-refractivity contribution >= 4 is 5.78 Å². The molecule has 0 radical (unpaired) electrons. The third-order valence-electron chi connectivity index (χ3n) is 1.36. The second kappa shape index (κ2) is 3.12. The second-order valence-corrected chi connectivity index (χ2v) is 2.40. The van der Waals surface area contributed by atoms with Crippen molar-refractivity contribution < 1.29 is 14.3 Å². The zero-order valence-electron chi connectivity index (χ0n) is 6.29. The molecule has 0 saturated carbocycles. The normalized spacial score (nSPS) is 30.2. The summed E-state index contributed by atoms with van der Waals surface area (Å²) in [6.07, 6.45) is 0.427. The quantitative estimate of drug-likeness (QED) is 0.546. The fourth-order valence-electron chi connectivity index (χ4n) is 0.865. The highest BCUT2D eigenvalue weighted by Gasteiger charge is 2.40. The molecule has 0 aromatic carbocycles. The molecule has 0 amide bonds. The van der Waals surface area contributed by atoms with Gasteiger partial charge < -0.3 is 9.47 Å². The van der Waals surface area contributed by atoms with E-state index in [2.05, 4.69) is 0 Å². The number of carbonyl (C=O) groups excluding carboxylic acids is 1. The number of ketones is 1. The van der Waals surface area contributed by atoms with E-state index in [1.165, 1.54) is 0 Å². The van der Waals surface area contributed by atoms with Crippen LogP contribution in [0.15, 0.2) is 0 Å². The summed E-state index contributed by atoms with van der Waals surface area (Å²) in [5.74, 6) is 0.159. The van der Waals surface area contributed by atoms with Crippen molar-refractivity contribution in [2.45, 2.75) is 32.7 Å². The lowest BCUT2D eigenvalue weighted by Gasteiger charge is -1.90. The summed E-state index contributed by atoms with van der Waals surface area (Å²) in [6.45, 7) is 4.12. The molecule has 0 N–H and O–H groups in total.